The minimum Gasteiger partial charge on any atom is -0.347 e. The number of piperidine rings is 1. The summed E-state index contributed by atoms with van der Waals surface area (Å²) in [5.74, 6) is 0.115. The molecule has 1 saturated heterocycles. The van der Waals surface area contributed by atoms with Crippen molar-refractivity contribution in [3.8, 4) is 5.13 Å². The first-order valence-electron chi connectivity index (χ1n) is 10.6. The summed E-state index contributed by atoms with van der Waals surface area (Å²) in [4.78, 5) is 15.2. The monoisotopic (exact) mass is 431 g/mol. The number of amides is 1. The second-order valence-electron chi connectivity index (χ2n) is 8.10. The van der Waals surface area contributed by atoms with E-state index in [1.807, 2.05) is 24.3 Å². The van der Waals surface area contributed by atoms with Crippen molar-refractivity contribution in [1.82, 2.24) is 14.8 Å². The molecule has 158 valence electrons. The van der Waals surface area contributed by atoms with Gasteiger partial charge in [-0.15, -0.1) is 10.2 Å². The molecule has 6 nitrogen and oxygen atoms in total. The van der Waals surface area contributed by atoms with Gasteiger partial charge in [-0.3, -0.25) is 9.36 Å². The van der Waals surface area contributed by atoms with Crippen molar-refractivity contribution >= 4 is 38.8 Å². The molecule has 0 radical (unpaired) electrons. The summed E-state index contributed by atoms with van der Waals surface area (Å²) in [6, 6.07) is 18.4. The highest BCUT2D eigenvalue weighted by Gasteiger charge is 2.27. The molecule has 7 heteroatoms. The molecule has 1 N–H and O–H groups in total. The van der Waals surface area contributed by atoms with E-state index < -0.39 is 0 Å². The van der Waals surface area contributed by atoms with Crippen LogP contribution < -0.4 is 10.2 Å². The molecule has 2 aromatic carbocycles. The lowest BCUT2D eigenvalue weighted by molar-refractivity contribution is -0.120. The molecule has 0 spiro atoms. The quantitative estimate of drug-likeness (QED) is 0.496. The predicted molar refractivity (Wildman–Crippen MR) is 126 cm³/mol. The Morgan fingerprint density at radius 1 is 0.935 bits per heavy atom. The number of carbonyl (C=O) groups excluding carboxylic acids is 1. The van der Waals surface area contributed by atoms with Gasteiger partial charge in [-0.25, -0.2) is 0 Å². The van der Waals surface area contributed by atoms with E-state index in [1.54, 1.807) is 11.3 Å². The number of benzene rings is 2. The maximum atomic E-state index is 12.9. The van der Waals surface area contributed by atoms with E-state index in [0.29, 0.717) is 0 Å². The highest BCUT2D eigenvalue weighted by Crippen LogP contribution is 2.30. The van der Waals surface area contributed by atoms with E-state index in [2.05, 4.69) is 69.2 Å². The smallest absolute Gasteiger partial charge is 0.227 e. The van der Waals surface area contributed by atoms with Crippen molar-refractivity contribution in [2.45, 2.75) is 26.7 Å². The first-order chi connectivity index (χ1) is 15.1. The molecule has 4 aromatic rings. The number of nitrogens with zero attached hydrogens (tertiary/aromatic N) is 4. The normalized spacial score (nSPS) is 14.8. The highest BCUT2D eigenvalue weighted by molar-refractivity contribution is 7.17. The Kier molecular flexibility index (Phi) is 5.19. The molecule has 0 saturated carbocycles. The van der Waals surface area contributed by atoms with Gasteiger partial charge < -0.3 is 10.2 Å². The summed E-state index contributed by atoms with van der Waals surface area (Å²) >= 11 is 1.61. The maximum Gasteiger partial charge on any atom is 0.227 e. The fourth-order valence-corrected chi connectivity index (χ4v) is 5.32. The Morgan fingerprint density at radius 3 is 2.39 bits per heavy atom. The Balaban J connectivity index is 1.24. The van der Waals surface area contributed by atoms with Crippen molar-refractivity contribution in [1.29, 1.82) is 0 Å². The number of hydrogen-bond donors (Lipinski definition) is 1. The van der Waals surface area contributed by atoms with Crippen LogP contribution in [0.25, 0.3) is 15.9 Å². The average molecular weight is 432 g/mol. The standard InChI is InChI=1S/C24H25N5OS/c1-16-10-11-17(2)29(16)24-27-26-23(31-24)28-14-12-19(13-15-28)22(30)25-21-9-5-7-18-6-3-4-8-20(18)21/h3-11,19H,12-15H2,1-2H3,(H,25,30). The largest absolute Gasteiger partial charge is 0.347 e. The van der Waals surface area contributed by atoms with Crippen molar-refractivity contribution in [2.24, 2.45) is 5.92 Å². The van der Waals surface area contributed by atoms with Crippen LogP contribution >= 0.6 is 11.3 Å². The zero-order valence-corrected chi connectivity index (χ0v) is 18.5. The highest BCUT2D eigenvalue weighted by atomic mass is 32.1. The molecule has 31 heavy (non-hydrogen) atoms. The summed E-state index contributed by atoms with van der Waals surface area (Å²) in [7, 11) is 0. The number of nitrogens with one attached hydrogen (secondary N) is 1. The number of aromatic nitrogens is 3. The summed E-state index contributed by atoms with van der Waals surface area (Å²) in [5, 5.41) is 16.0. The van der Waals surface area contributed by atoms with E-state index in [0.717, 1.165) is 64.0 Å². The molecule has 3 heterocycles. The van der Waals surface area contributed by atoms with Crippen LogP contribution in [-0.2, 0) is 4.79 Å². The first kappa shape index (κ1) is 19.8. The van der Waals surface area contributed by atoms with Gasteiger partial charge in [0.25, 0.3) is 0 Å². The lowest BCUT2D eigenvalue weighted by atomic mass is 9.96. The number of rotatable bonds is 4. The van der Waals surface area contributed by atoms with Gasteiger partial charge >= 0.3 is 0 Å². The van der Waals surface area contributed by atoms with Crippen LogP contribution in [0.15, 0.2) is 54.6 Å². The summed E-state index contributed by atoms with van der Waals surface area (Å²) in [6.45, 7) is 5.78. The van der Waals surface area contributed by atoms with E-state index in [9.17, 15) is 4.79 Å². The van der Waals surface area contributed by atoms with Gasteiger partial charge in [0.05, 0.1) is 0 Å². The van der Waals surface area contributed by atoms with Crippen LogP contribution in [-0.4, -0.2) is 33.8 Å². The molecule has 1 aliphatic heterocycles. The Bertz CT molecular complexity index is 1210. The molecule has 1 amide bonds. The minimum absolute atomic E-state index is 0.0107. The third-order valence-corrected chi connectivity index (χ3v) is 7.02. The predicted octanol–water partition coefficient (Wildman–Crippen LogP) is 4.95. The minimum atomic E-state index is 0.0107. The second kappa shape index (κ2) is 8.15. The second-order valence-corrected chi connectivity index (χ2v) is 9.03. The third-order valence-electron chi connectivity index (χ3n) is 6.05. The topological polar surface area (TPSA) is 63.1 Å². The van der Waals surface area contributed by atoms with Crippen LogP contribution in [0.2, 0.25) is 0 Å². The summed E-state index contributed by atoms with van der Waals surface area (Å²) in [5.41, 5.74) is 3.20. The van der Waals surface area contributed by atoms with Gasteiger partial charge in [0.15, 0.2) is 0 Å². The van der Waals surface area contributed by atoms with Crippen molar-refractivity contribution in [3.05, 3.63) is 66.0 Å². The van der Waals surface area contributed by atoms with Crippen LogP contribution in [0.4, 0.5) is 10.8 Å². The van der Waals surface area contributed by atoms with Gasteiger partial charge in [0.1, 0.15) is 0 Å². The number of aryl methyl sites for hydroxylation is 2. The molecular formula is C24H25N5OS. The van der Waals surface area contributed by atoms with E-state index >= 15 is 0 Å². The zero-order valence-electron chi connectivity index (χ0n) is 17.7. The SMILES string of the molecule is Cc1ccc(C)n1-c1nnc(N2CCC(C(=O)Nc3cccc4ccccc34)CC2)s1. The third kappa shape index (κ3) is 3.81. The molecule has 2 aromatic heterocycles. The van der Waals surface area contributed by atoms with E-state index in [4.69, 9.17) is 0 Å². The fraction of sp³-hybridized carbons (Fsp3) is 0.292. The Labute approximate surface area is 185 Å². The zero-order chi connectivity index (χ0) is 21.4. The number of carbonyl (C=O) groups is 1. The van der Waals surface area contributed by atoms with Crippen molar-refractivity contribution in [3.63, 3.8) is 0 Å². The lowest BCUT2D eigenvalue weighted by Crippen LogP contribution is -2.38. The van der Waals surface area contributed by atoms with Crippen LogP contribution in [0.3, 0.4) is 0 Å². The molecule has 1 fully saturated rings. The fourth-order valence-electron chi connectivity index (χ4n) is 4.30. The van der Waals surface area contributed by atoms with Crippen molar-refractivity contribution in [2.75, 3.05) is 23.3 Å². The molecule has 0 aliphatic carbocycles. The van der Waals surface area contributed by atoms with Gasteiger partial charge in [0.2, 0.25) is 16.2 Å². The molecule has 0 atom stereocenters. The average Bonchev–Trinajstić information content (AvgIpc) is 3.40. The Morgan fingerprint density at radius 2 is 1.61 bits per heavy atom. The first-order valence-corrected chi connectivity index (χ1v) is 11.4. The maximum absolute atomic E-state index is 12.9. The number of anilines is 2. The van der Waals surface area contributed by atoms with Gasteiger partial charge in [0, 0.05) is 41.5 Å². The lowest BCUT2D eigenvalue weighted by Gasteiger charge is -2.30. The van der Waals surface area contributed by atoms with E-state index in [-0.39, 0.29) is 11.8 Å². The molecule has 5 rings (SSSR count). The van der Waals surface area contributed by atoms with Gasteiger partial charge in [-0.2, -0.15) is 0 Å². The molecular weight excluding hydrogens is 406 g/mol. The van der Waals surface area contributed by atoms with E-state index in [1.165, 1.54) is 0 Å². The molecule has 1 aliphatic rings. The van der Waals surface area contributed by atoms with Gasteiger partial charge in [-0.05, 0) is 50.3 Å². The number of hydrogen-bond acceptors (Lipinski definition) is 5. The Hall–Kier alpha value is -3.19. The molecule has 0 bridgehead atoms. The molecule has 0 unspecified atom stereocenters. The summed E-state index contributed by atoms with van der Waals surface area (Å²) < 4.78 is 2.13. The van der Waals surface area contributed by atoms with Crippen LogP contribution in [0.5, 0.6) is 0 Å². The van der Waals surface area contributed by atoms with Crippen LogP contribution in [0.1, 0.15) is 24.2 Å². The number of fused-ring (bicyclic) bond motifs is 1. The van der Waals surface area contributed by atoms with Crippen molar-refractivity contribution < 1.29 is 4.79 Å². The van der Waals surface area contributed by atoms with Crippen LogP contribution in [0, 0.1) is 19.8 Å². The summed E-state index contributed by atoms with van der Waals surface area (Å²) in [6.07, 6.45) is 1.63. The van der Waals surface area contributed by atoms with Gasteiger partial charge in [-0.1, -0.05) is 47.7 Å².